The Morgan fingerprint density at radius 3 is 1.17 bits per heavy atom. The number of nitrogens with zero attached hydrogens (tertiary/aromatic N) is 4. The van der Waals surface area contributed by atoms with Crippen LogP contribution in [0.2, 0.25) is 0 Å². The van der Waals surface area contributed by atoms with Gasteiger partial charge < -0.3 is 19.0 Å². The molecule has 0 aliphatic heterocycles. The van der Waals surface area contributed by atoms with Gasteiger partial charge in [0.1, 0.15) is 0 Å². The van der Waals surface area contributed by atoms with Crippen LogP contribution in [0.25, 0.3) is 122 Å². The SMILES string of the molecule is CCCCCCc1ccc(-c2cc[c-]c(-c3ccc(C)cn3)c2)cc1.[Ir].c1ccc(-c2cccc(-c3ccc(N(c4ccc(-c5cccc(-n6c7ccccc7c7ccccc76)c5)cc4)c4ccc(-c5cccc(-n6c7ccccc7c7ccccc76)c5)cc4)cc3)c2)cc1. The molecular formula is C90H71IrN4-. The van der Waals surface area contributed by atoms with Crippen molar-refractivity contribution in [2.75, 3.05) is 4.90 Å². The number of pyridine rings is 1. The van der Waals surface area contributed by atoms with Crippen LogP contribution in [0.15, 0.2) is 334 Å². The summed E-state index contributed by atoms with van der Waals surface area (Å²) in [6.45, 7) is 4.31. The van der Waals surface area contributed by atoms with Gasteiger partial charge in [-0.1, -0.05) is 245 Å². The van der Waals surface area contributed by atoms with Gasteiger partial charge in [0.2, 0.25) is 0 Å². The van der Waals surface area contributed by atoms with E-state index in [1.165, 1.54) is 131 Å². The van der Waals surface area contributed by atoms with Crippen molar-refractivity contribution >= 4 is 60.7 Å². The van der Waals surface area contributed by atoms with E-state index in [4.69, 9.17) is 0 Å². The smallest absolute Gasteiger partial charge is 0.0541 e. The number of hydrogen-bond acceptors (Lipinski definition) is 2. The van der Waals surface area contributed by atoms with Crippen molar-refractivity contribution in [2.24, 2.45) is 0 Å². The van der Waals surface area contributed by atoms with E-state index in [1.807, 2.05) is 12.3 Å². The molecule has 0 fully saturated rings. The Labute approximate surface area is 571 Å². The molecule has 0 saturated carbocycles. The zero-order chi connectivity index (χ0) is 63.2. The standard InChI is InChI=1S/C66H45N3.C24H26N.Ir/c1-2-15-46(16-3-1)50-17-12-18-51(43-50)47-31-37-54(38-32-47)67(55-39-33-48(34-40-55)52-19-13-21-57(44-52)68-63-27-8-4-23-59(63)60-24-5-9-28-64(60)68)56-41-35-49(36-42-56)53-20-14-22-58(45-53)69-65-29-10-6-25-61(65)62-26-7-11-30-66(62)69;1-3-4-5-6-8-20-12-14-21(15-13-20)22-9-7-10-23(17-22)24-16-11-19(2)18-25-24;/h1-45H;7,9,11-18H,3-6,8H2,1-2H3;/q;-1;. The maximum atomic E-state index is 4.51. The topological polar surface area (TPSA) is 26.0 Å². The predicted octanol–water partition coefficient (Wildman–Crippen LogP) is 24.7. The Kier molecular flexibility index (Phi) is 18.2. The minimum Gasteiger partial charge on any atom is -0.311 e. The van der Waals surface area contributed by atoms with E-state index in [-0.39, 0.29) is 20.1 Å². The van der Waals surface area contributed by atoms with Crippen molar-refractivity contribution in [3.63, 3.8) is 0 Å². The molecule has 1 radical (unpaired) electrons. The van der Waals surface area contributed by atoms with E-state index in [2.05, 4.69) is 360 Å². The van der Waals surface area contributed by atoms with E-state index >= 15 is 0 Å². The molecule has 0 saturated heterocycles. The van der Waals surface area contributed by atoms with Gasteiger partial charge >= 0.3 is 0 Å². The molecule has 0 bridgehead atoms. The second-order valence-corrected chi connectivity index (χ2v) is 24.5. The molecule has 16 aromatic rings. The molecule has 0 amide bonds. The van der Waals surface area contributed by atoms with E-state index < -0.39 is 0 Å². The molecule has 95 heavy (non-hydrogen) atoms. The van der Waals surface area contributed by atoms with Gasteiger partial charge in [-0.15, -0.1) is 35.4 Å². The summed E-state index contributed by atoms with van der Waals surface area (Å²) in [4.78, 5) is 6.88. The zero-order valence-corrected chi connectivity index (χ0v) is 55.8. The quantitative estimate of drug-likeness (QED) is 0.0712. The average Bonchev–Trinajstić information content (AvgIpc) is 1.65. The summed E-state index contributed by atoms with van der Waals surface area (Å²) >= 11 is 0. The van der Waals surface area contributed by atoms with Gasteiger partial charge in [0.15, 0.2) is 0 Å². The van der Waals surface area contributed by atoms with Crippen LogP contribution in [0.1, 0.15) is 43.7 Å². The first kappa shape index (κ1) is 61.6. The molecule has 16 rings (SSSR count). The largest absolute Gasteiger partial charge is 0.311 e. The third kappa shape index (κ3) is 13.0. The summed E-state index contributed by atoms with van der Waals surface area (Å²) in [5.41, 5.74) is 26.9. The first-order chi connectivity index (χ1) is 46.5. The van der Waals surface area contributed by atoms with Crippen LogP contribution >= 0.6 is 0 Å². The number of unbranched alkanes of at least 4 members (excludes halogenated alkanes) is 3. The molecule has 0 N–H and O–H groups in total. The molecule has 0 aliphatic rings. The van der Waals surface area contributed by atoms with Crippen molar-refractivity contribution in [2.45, 2.75) is 46.0 Å². The molecule has 4 nitrogen and oxygen atoms in total. The summed E-state index contributed by atoms with van der Waals surface area (Å²) in [7, 11) is 0. The molecule has 461 valence electrons. The van der Waals surface area contributed by atoms with Crippen molar-refractivity contribution in [1.29, 1.82) is 0 Å². The van der Waals surface area contributed by atoms with Crippen LogP contribution in [0.4, 0.5) is 17.1 Å². The molecule has 0 unspecified atom stereocenters. The number of aryl methyl sites for hydroxylation is 2. The van der Waals surface area contributed by atoms with E-state index in [1.54, 1.807) is 0 Å². The number of fused-ring (bicyclic) bond motifs is 6. The molecule has 0 aliphatic carbocycles. The Hall–Kier alpha value is -10.9. The fourth-order valence-corrected chi connectivity index (χ4v) is 13.5. The normalized spacial score (nSPS) is 11.2. The maximum absolute atomic E-state index is 4.51. The molecule has 3 heterocycles. The fraction of sp³-hybridized carbons (Fsp3) is 0.0778. The maximum Gasteiger partial charge on any atom is 0.0541 e. The molecule has 0 atom stereocenters. The van der Waals surface area contributed by atoms with E-state index in [9.17, 15) is 0 Å². The van der Waals surface area contributed by atoms with Crippen molar-refractivity contribution < 1.29 is 20.1 Å². The van der Waals surface area contributed by atoms with Crippen molar-refractivity contribution in [3.05, 3.63) is 351 Å². The molecule has 13 aromatic carbocycles. The van der Waals surface area contributed by atoms with Gasteiger partial charge in [-0.05, 0) is 178 Å². The Morgan fingerprint density at radius 1 is 0.337 bits per heavy atom. The predicted molar refractivity (Wildman–Crippen MR) is 398 cm³/mol. The van der Waals surface area contributed by atoms with Gasteiger partial charge in [-0.3, -0.25) is 0 Å². The minimum atomic E-state index is 0. The zero-order valence-electron chi connectivity index (χ0n) is 53.4. The average molecular weight is 1400 g/mol. The second-order valence-electron chi connectivity index (χ2n) is 24.5. The third-order valence-electron chi connectivity index (χ3n) is 18.3. The Morgan fingerprint density at radius 2 is 0.726 bits per heavy atom. The van der Waals surface area contributed by atoms with Gasteiger partial charge in [-0.2, -0.15) is 0 Å². The Bertz CT molecular complexity index is 4970. The summed E-state index contributed by atoms with van der Waals surface area (Å²) in [5.74, 6) is 0. The fourth-order valence-electron chi connectivity index (χ4n) is 13.5. The summed E-state index contributed by atoms with van der Waals surface area (Å²) in [6, 6.07) is 122. The van der Waals surface area contributed by atoms with Crippen LogP contribution in [0.3, 0.4) is 0 Å². The summed E-state index contributed by atoms with van der Waals surface area (Å²) in [6.07, 6.45) is 8.34. The number of para-hydroxylation sites is 4. The van der Waals surface area contributed by atoms with E-state index in [0.717, 1.165) is 50.8 Å². The third-order valence-corrected chi connectivity index (χ3v) is 18.3. The van der Waals surface area contributed by atoms with Gasteiger partial charge in [0.25, 0.3) is 0 Å². The van der Waals surface area contributed by atoms with Crippen molar-refractivity contribution in [1.82, 2.24) is 14.1 Å². The number of rotatable bonds is 16. The summed E-state index contributed by atoms with van der Waals surface area (Å²) < 4.78 is 4.77. The summed E-state index contributed by atoms with van der Waals surface area (Å²) in [5, 5.41) is 5.05. The van der Waals surface area contributed by atoms with Crippen LogP contribution in [-0.4, -0.2) is 14.1 Å². The first-order valence-corrected chi connectivity index (χ1v) is 33.0. The van der Waals surface area contributed by atoms with Crippen LogP contribution in [-0.2, 0) is 26.5 Å². The van der Waals surface area contributed by atoms with Crippen molar-refractivity contribution in [3.8, 4) is 78.3 Å². The number of hydrogen-bond donors (Lipinski definition) is 0. The molecular weight excluding hydrogens is 1330 g/mol. The first-order valence-electron chi connectivity index (χ1n) is 33.0. The van der Waals surface area contributed by atoms with Crippen LogP contribution < -0.4 is 4.90 Å². The van der Waals surface area contributed by atoms with Gasteiger partial charge in [0, 0.05) is 76.3 Å². The monoisotopic (exact) mass is 1400 g/mol. The van der Waals surface area contributed by atoms with Crippen LogP contribution in [0, 0.1) is 13.0 Å². The Balaban J connectivity index is 0.000000252. The van der Waals surface area contributed by atoms with E-state index in [0.29, 0.717) is 0 Å². The molecule has 0 spiro atoms. The second kappa shape index (κ2) is 28.1. The van der Waals surface area contributed by atoms with Gasteiger partial charge in [-0.25, -0.2) is 0 Å². The molecule has 5 heteroatoms. The number of anilines is 3. The minimum absolute atomic E-state index is 0. The van der Waals surface area contributed by atoms with Crippen LogP contribution in [0.5, 0.6) is 0 Å². The van der Waals surface area contributed by atoms with Gasteiger partial charge in [0.05, 0.1) is 22.1 Å². The number of aromatic nitrogens is 3. The number of benzene rings is 13. The molecule has 3 aromatic heterocycles.